The minimum atomic E-state index is -0.415. The van der Waals surface area contributed by atoms with Gasteiger partial charge in [0.05, 0.1) is 34.5 Å². The lowest BCUT2D eigenvalue weighted by molar-refractivity contribution is -0.143. The first kappa shape index (κ1) is 33.3. The van der Waals surface area contributed by atoms with Gasteiger partial charge in [-0.15, -0.1) is 0 Å². The number of nitrogens with zero attached hydrogens (tertiary/aromatic N) is 3. The van der Waals surface area contributed by atoms with Crippen molar-refractivity contribution in [3.05, 3.63) is 68.8 Å². The summed E-state index contributed by atoms with van der Waals surface area (Å²) in [5, 5.41) is 0. The average molecular weight is 652 g/mol. The summed E-state index contributed by atoms with van der Waals surface area (Å²) in [7, 11) is 1.51. The summed E-state index contributed by atoms with van der Waals surface area (Å²) in [5.41, 5.74) is 8.83. The van der Waals surface area contributed by atoms with E-state index in [4.69, 9.17) is 14.7 Å². The van der Waals surface area contributed by atoms with Crippen LogP contribution in [0.4, 0.5) is 0 Å². The second kappa shape index (κ2) is 12.8. The fourth-order valence-corrected chi connectivity index (χ4v) is 7.75. The minimum absolute atomic E-state index is 0.0408. The molecule has 2 amide bonds. The van der Waals surface area contributed by atoms with Crippen molar-refractivity contribution < 1.29 is 23.9 Å². The molecule has 0 unspecified atom stereocenters. The van der Waals surface area contributed by atoms with Crippen molar-refractivity contribution in [1.82, 2.24) is 24.8 Å². The maximum absolute atomic E-state index is 14.1. The first-order valence-electron chi connectivity index (χ1n) is 17.1. The van der Waals surface area contributed by atoms with Gasteiger partial charge in [-0.1, -0.05) is 27.7 Å². The van der Waals surface area contributed by atoms with E-state index in [1.807, 2.05) is 39.0 Å². The van der Waals surface area contributed by atoms with Crippen molar-refractivity contribution in [1.29, 1.82) is 0 Å². The Bertz CT molecular complexity index is 2020. The molecule has 0 aromatic carbocycles. The molecule has 6 heterocycles. The Kier molecular flexibility index (Phi) is 8.87. The zero-order valence-electron chi connectivity index (χ0n) is 29.2. The Morgan fingerprint density at radius 3 is 2.17 bits per heavy atom. The average Bonchev–Trinajstić information content (AvgIpc) is 3.72. The third-order valence-electron chi connectivity index (χ3n) is 10.6. The summed E-state index contributed by atoms with van der Waals surface area (Å²) >= 11 is 0. The topological polar surface area (TPSA) is 138 Å². The number of rotatable bonds is 8. The molecule has 10 heteroatoms. The van der Waals surface area contributed by atoms with E-state index >= 15 is 0 Å². The summed E-state index contributed by atoms with van der Waals surface area (Å²) in [5.74, 6) is -1.15. The highest BCUT2D eigenvalue weighted by Crippen LogP contribution is 2.44. The van der Waals surface area contributed by atoms with Gasteiger partial charge in [0, 0.05) is 70.8 Å². The number of carbonyl (C=O) groups is 4. The first-order valence-corrected chi connectivity index (χ1v) is 17.1. The Labute approximate surface area is 280 Å². The SMILES string of the molecule is CCCOC(=O)CCC[C@@H]1c2nc(cc3[nH]c(cc4nc(cc5[nH]c6c2C(=O)N(C)C(=O)c6c5C)[C@H](CC)[C@H]4C)c(C(C)=O)c3C)[C@H]1C. The number of Topliss-reactive ketones (excluding diaryl/α,β-unsaturated/α-hetero) is 1. The van der Waals surface area contributed by atoms with E-state index in [0.717, 1.165) is 52.1 Å². The molecule has 0 saturated heterocycles. The number of fused-ring (bicyclic) bond motifs is 8. The first-order chi connectivity index (χ1) is 22.9. The molecule has 0 spiro atoms. The van der Waals surface area contributed by atoms with Gasteiger partial charge < -0.3 is 14.7 Å². The van der Waals surface area contributed by atoms with Crippen LogP contribution in [-0.4, -0.2) is 62.1 Å². The second-order valence-corrected chi connectivity index (χ2v) is 13.6. The molecule has 0 aliphatic carbocycles. The number of hydrogen-bond donors (Lipinski definition) is 2. The predicted octanol–water partition coefficient (Wildman–Crippen LogP) is 7.67. The lowest BCUT2D eigenvalue weighted by atomic mass is 9.84. The van der Waals surface area contributed by atoms with Crippen molar-refractivity contribution >= 4 is 45.6 Å². The van der Waals surface area contributed by atoms with Gasteiger partial charge in [0.15, 0.2) is 5.78 Å². The molecule has 3 aromatic heterocycles. The molecule has 10 nitrogen and oxygen atoms in total. The zero-order chi connectivity index (χ0) is 34.6. The molecule has 3 aliphatic rings. The number of esters is 1. The number of H-pyrrole nitrogens is 2. The Morgan fingerprint density at radius 1 is 0.854 bits per heavy atom. The molecule has 0 radical (unpaired) electrons. The molecule has 6 rings (SSSR count). The van der Waals surface area contributed by atoms with Crippen LogP contribution in [0.5, 0.6) is 0 Å². The number of ether oxygens (including phenoxy) is 1. The van der Waals surface area contributed by atoms with Gasteiger partial charge in [-0.05, 0) is 75.8 Å². The van der Waals surface area contributed by atoms with Crippen LogP contribution in [0.2, 0.25) is 0 Å². The summed E-state index contributed by atoms with van der Waals surface area (Å²) in [6.07, 6.45) is 3.02. The predicted molar refractivity (Wildman–Crippen MR) is 185 cm³/mol. The van der Waals surface area contributed by atoms with Crippen molar-refractivity contribution in [2.45, 2.75) is 104 Å². The van der Waals surface area contributed by atoms with Crippen LogP contribution < -0.4 is 0 Å². The highest BCUT2D eigenvalue weighted by Gasteiger charge is 2.39. The highest BCUT2D eigenvalue weighted by molar-refractivity contribution is 6.23. The van der Waals surface area contributed by atoms with Crippen LogP contribution >= 0.6 is 0 Å². The van der Waals surface area contributed by atoms with Gasteiger partial charge in [-0.2, -0.15) is 0 Å². The third kappa shape index (κ3) is 5.44. The van der Waals surface area contributed by atoms with E-state index in [1.165, 1.54) is 11.9 Å². The second-order valence-electron chi connectivity index (χ2n) is 13.6. The van der Waals surface area contributed by atoms with E-state index < -0.39 is 5.91 Å². The lowest BCUT2D eigenvalue weighted by Gasteiger charge is -2.24. The molecule has 3 aromatic rings. The number of imide groups is 1. The molecule has 2 N–H and O–H groups in total. The Morgan fingerprint density at radius 2 is 1.48 bits per heavy atom. The number of aromatic nitrogens is 4. The molecular formula is C38H45N5O5. The molecule has 48 heavy (non-hydrogen) atoms. The number of hydrogen-bond acceptors (Lipinski definition) is 7. The molecule has 0 fully saturated rings. The molecular weight excluding hydrogens is 606 g/mol. The molecule has 8 bridgehead atoms. The van der Waals surface area contributed by atoms with Crippen molar-refractivity contribution in [3.63, 3.8) is 0 Å². The largest absolute Gasteiger partial charge is 0.466 e. The summed E-state index contributed by atoms with van der Waals surface area (Å²) in [4.78, 5) is 71.5. The van der Waals surface area contributed by atoms with E-state index in [9.17, 15) is 19.2 Å². The van der Waals surface area contributed by atoms with Crippen molar-refractivity contribution in [3.8, 4) is 0 Å². The zero-order valence-corrected chi connectivity index (χ0v) is 29.2. The van der Waals surface area contributed by atoms with E-state index in [2.05, 4.69) is 30.7 Å². The molecule has 252 valence electrons. The van der Waals surface area contributed by atoms with Crippen molar-refractivity contribution in [2.75, 3.05) is 13.7 Å². The summed E-state index contributed by atoms with van der Waals surface area (Å²) < 4.78 is 5.32. The third-order valence-corrected chi connectivity index (χ3v) is 10.6. The fraction of sp³-hybridized carbons (Fsp3) is 0.474. The van der Waals surface area contributed by atoms with Crippen molar-refractivity contribution in [2.24, 2.45) is 0 Å². The quantitative estimate of drug-likeness (QED) is 0.145. The lowest BCUT2D eigenvalue weighted by Crippen LogP contribution is -2.37. The van der Waals surface area contributed by atoms with Gasteiger partial charge >= 0.3 is 5.97 Å². The number of carbonyl (C=O) groups excluding carboxylic acids is 4. The van der Waals surface area contributed by atoms with Crippen LogP contribution in [0.15, 0.2) is 18.2 Å². The number of amides is 2. The van der Waals surface area contributed by atoms with E-state index in [0.29, 0.717) is 52.9 Å². The van der Waals surface area contributed by atoms with Gasteiger partial charge in [0.1, 0.15) is 0 Å². The molecule has 0 saturated carbocycles. The standard InChI is InChI=1S/C38H45N5O5/c1-9-14-48-31(45)13-11-12-24-19(4)26-15-27-20(5)32(22(7)44)30(40-27)17-25-18(3)23(10-2)29(39-25)16-28-21(6)33-36(42-28)34(35(24)41-26)38(47)43(8)37(33)46/h15-19,23-24,40,42H,9-14H2,1-8H3/t18-,19+,23-,24+/m1/s1. The Balaban J connectivity index is 1.69. The van der Waals surface area contributed by atoms with Crippen LogP contribution in [0.3, 0.4) is 0 Å². The van der Waals surface area contributed by atoms with Gasteiger partial charge in [0.2, 0.25) is 0 Å². The van der Waals surface area contributed by atoms with Crippen LogP contribution in [0.25, 0.3) is 22.1 Å². The van der Waals surface area contributed by atoms with Gasteiger partial charge in [0.25, 0.3) is 11.8 Å². The highest BCUT2D eigenvalue weighted by atomic mass is 16.5. The monoisotopic (exact) mass is 651 g/mol. The number of nitrogens with one attached hydrogen (secondary N) is 2. The summed E-state index contributed by atoms with van der Waals surface area (Å²) in [6.45, 7) is 14.1. The summed E-state index contributed by atoms with van der Waals surface area (Å²) in [6, 6.07) is 5.97. The molecule has 4 atom stereocenters. The maximum Gasteiger partial charge on any atom is 0.305 e. The van der Waals surface area contributed by atoms with Crippen LogP contribution in [0, 0.1) is 13.8 Å². The van der Waals surface area contributed by atoms with E-state index in [1.54, 1.807) is 6.92 Å². The number of ketones is 1. The maximum atomic E-state index is 14.1. The smallest absolute Gasteiger partial charge is 0.305 e. The minimum Gasteiger partial charge on any atom is -0.466 e. The number of aromatic amines is 2. The van der Waals surface area contributed by atoms with E-state index in [-0.39, 0.29) is 47.8 Å². The van der Waals surface area contributed by atoms with Gasteiger partial charge in [-0.25, -0.2) is 0 Å². The number of aryl methyl sites for hydroxylation is 2. The molecule has 3 aliphatic heterocycles. The fourth-order valence-electron chi connectivity index (χ4n) is 7.75. The normalized spacial score (nSPS) is 20.4. The van der Waals surface area contributed by atoms with Gasteiger partial charge in [-0.3, -0.25) is 34.0 Å². The Hall–Kier alpha value is -4.60. The van der Waals surface area contributed by atoms with Crippen LogP contribution in [0.1, 0.15) is 155 Å². The van der Waals surface area contributed by atoms with Crippen LogP contribution in [-0.2, 0) is 9.53 Å².